The van der Waals surface area contributed by atoms with Gasteiger partial charge in [-0.15, -0.1) is 0 Å². The van der Waals surface area contributed by atoms with Gasteiger partial charge in [-0.2, -0.15) is 0 Å². The van der Waals surface area contributed by atoms with Crippen LogP contribution in [0.4, 0.5) is 0 Å². The number of nitrogens with zero attached hydrogens (tertiary/aromatic N) is 2. The average Bonchev–Trinajstić information content (AvgIpc) is 2.73. The van der Waals surface area contributed by atoms with Crippen LogP contribution in [0, 0.1) is 5.92 Å². The zero-order chi connectivity index (χ0) is 20.2. The van der Waals surface area contributed by atoms with Gasteiger partial charge in [0.1, 0.15) is 6.10 Å². The lowest BCUT2D eigenvalue weighted by atomic mass is 9.93. The number of likely N-dealkylation sites (tertiary alicyclic amines) is 1. The second kappa shape index (κ2) is 12.5. The number of methoxy groups -OCH3 is 1. The second-order valence-corrected chi connectivity index (χ2v) is 7.39. The Morgan fingerprint density at radius 3 is 2.54 bits per heavy atom. The summed E-state index contributed by atoms with van der Waals surface area (Å²) in [4.78, 5) is 7.23. The highest BCUT2D eigenvalue weighted by Crippen LogP contribution is 2.26. The molecule has 1 fully saturated rings. The molecule has 1 saturated heterocycles. The quantitative estimate of drug-likeness (QED) is 0.475. The minimum atomic E-state index is -0.0369. The molecule has 28 heavy (non-hydrogen) atoms. The lowest BCUT2D eigenvalue weighted by molar-refractivity contribution is 0.187. The van der Waals surface area contributed by atoms with E-state index in [1.165, 1.54) is 38.9 Å². The maximum absolute atomic E-state index is 5.99. The molecule has 6 heteroatoms. The van der Waals surface area contributed by atoms with Crippen molar-refractivity contribution in [1.29, 1.82) is 0 Å². The Kier molecular flexibility index (Phi) is 9.97. The van der Waals surface area contributed by atoms with Crippen molar-refractivity contribution in [2.24, 2.45) is 10.9 Å². The van der Waals surface area contributed by atoms with Gasteiger partial charge in [-0.1, -0.05) is 19.1 Å². The maximum Gasteiger partial charge on any atom is 0.191 e. The Hall–Kier alpha value is -1.95. The van der Waals surface area contributed by atoms with Gasteiger partial charge in [0.25, 0.3) is 0 Å². The van der Waals surface area contributed by atoms with Gasteiger partial charge in [0.2, 0.25) is 0 Å². The third-order valence-electron chi connectivity index (χ3n) is 5.25. The number of guanidine groups is 1. The average molecular weight is 391 g/mol. The molecular weight excluding hydrogens is 352 g/mol. The normalized spacial score (nSPS) is 17.2. The number of nitrogens with one attached hydrogen (secondary N) is 2. The molecule has 1 atom stereocenters. The highest BCUT2D eigenvalue weighted by atomic mass is 16.5. The number of benzene rings is 1. The van der Waals surface area contributed by atoms with Crippen molar-refractivity contribution in [1.82, 2.24) is 15.5 Å². The second-order valence-electron chi connectivity index (χ2n) is 7.39. The van der Waals surface area contributed by atoms with Gasteiger partial charge in [0.15, 0.2) is 17.5 Å². The SMILES string of the molecule is CCNC(=NCC(C)Oc1ccccc1OC)NCCC1CCN(CC)CC1. The molecule has 2 N–H and O–H groups in total. The fourth-order valence-corrected chi connectivity index (χ4v) is 3.52. The van der Waals surface area contributed by atoms with Crippen LogP contribution in [0.25, 0.3) is 0 Å². The van der Waals surface area contributed by atoms with E-state index in [4.69, 9.17) is 14.5 Å². The Balaban J connectivity index is 1.76. The first kappa shape index (κ1) is 22.3. The van der Waals surface area contributed by atoms with Gasteiger partial charge >= 0.3 is 0 Å². The van der Waals surface area contributed by atoms with E-state index in [-0.39, 0.29) is 6.10 Å². The summed E-state index contributed by atoms with van der Waals surface area (Å²) in [5.41, 5.74) is 0. The molecule has 0 saturated carbocycles. The zero-order valence-electron chi connectivity index (χ0n) is 18.0. The molecule has 1 aromatic carbocycles. The largest absolute Gasteiger partial charge is 0.493 e. The molecule has 0 aliphatic carbocycles. The molecule has 2 rings (SSSR count). The number of hydrogen-bond donors (Lipinski definition) is 2. The van der Waals surface area contributed by atoms with Crippen molar-refractivity contribution in [3.63, 3.8) is 0 Å². The van der Waals surface area contributed by atoms with Crippen LogP contribution in [0.2, 0.25) is 0 Å². The van der Waals surface area contributed by atoms with Crippen molar-refractivity contribution in [2.45, 2.75) is 46.1 Å². The van der Waals surface area contributed by atoms with Crippen LogP contribution in [0.15, 0.2) is 29.3 Å². The number of piperidine rings is 1. The number of ether oxygens (including phenoxy) is 2. The summed E-state index contributed by atoms with van der Waals surface area (Å²) in [7, 11) is 1.66. The summed E-state index contributed by atoms with van der Waals surface area (Å²) < 4.78 is 11.3. The standard InChI is InChI=1S/C22H38N4O2/c1-5-23-22(24-14-11-19-12-15-26(6-2)16-13-19)25-17-18(3)28-21-10-8-7-9-20(21)27-4/h7-10,18-19H,5-6,11-17H2,1-4H3,(H2,23,24,25). The van der Waals surface area contributed by atoms with Crippen molar-refractivity contribution < 1.29 is 9.47 Å². The van der Waals surface area contributed by atoms with Crippen LogP contribution < -0.4 is 20.1 Å². The fourth-order valence-electron chi connectivity index (χ4n) is 3.52. The summed E-state index contributed by atoms with van der Waals surface area (Å²) in [5.74, 6) is 3.19. The maximum atomic E-state index is 5.99. The van der Waals surface area contributed by atoms with E-state index in [2.05, 4.69) is 29.4 Å². The molecular formula is C22H38N4O2. The van der Waals surface area contributed by atoms with Crippen LogP contribution in [-0.4, -0.2) is 63.3 Å². The van der Waals surface area contributed by atoms with Crippen molar-refractivity contribution in [2.75, 3.05) is 46.4 Å². The first-order valence-electron chi connectivity index (χ1n) is 10.7. The van der Waals surface area contributed by atoms with E-state index in [0.717, 1.165) is 36.5 Å². The lowest BCUT2D eigenvalue weighted by Gasteiger charge is -2.31. The van der Waals surface area contributed by atoms with Gasteiger partial charge in [-0.05, 0) is 70.8 Å². The molecule has 0 spiro atoms. The highest BCUT2D eigenvalue weighted by Gasteiger charge is 2.17. The van der Waals surface area contributed by atoms with E-state index >= 15 is 0 Å². The molecule has 1 aromatic rings. The topological polar surface area (TPSA) is 58.1 Å². The van der Waals surface area contributed by atoms with Gasteiger partial charge in [0, 0.05) is 13.1 Å². The first-order chi connectivity index (χ1) is 13.7. The minimum absolute atomic E-state index is 0.0369. The fraction of sp³-hybridized carbons (Fsp3) is 0.682. The first-order valence-corrected chi connectivity index (χ1v) is 10.7. The molecule has 1 heterocycles. The molecule has 0 aromatic heterocycles. The Labute approximate surface area is 170 Å². The summed E-state index contributed by atoms with van der Waals surface area (Å²) in [6.07, 6.45) is 3.79. The predicted octanol–water partition coefficient (Wildman–Crippen LogP) is 3.14. The predicted molar refractivity (Wildman–Crippen MR) is 117 cm³/mol. The monoisotopic (exact) mass is 390 g/mol. The van der Waals surface area contributed by atoms with E-state index < -0.39 is 0 Å². The third-order valence-corrected chi connectivity index (χ3v) is 5.25. The Bertz CT molecular complexity index is 586. The summed E-state index contributed by atoms with van der Waals surface area (Å²) in [6.45, 7) is 12.4. The van der Waals surface area contributed by atoms with Crippen LogP contribution >= 0.6 is 0 Å². The third kappa shape index (κ3) is 7.58. The van der Waals surface area contributed by atoms with Gasteiger partial charge < -0.3 is 25.0 Å². The lowest BCUT2D eigenvalue weighted by Crippen LogP contribution is -2.40. The van der Waals surface area contributed by atoms with Crippen LogP contribution in [-0.2, 0) is 0 Å². The van der Waals surface area contributed by atoms with Crippen molar-refractivity contribution in [3.05, 3.63) is 24.3 Å². The van der Waals surface area contributed by atoms with Crippen LogP contribution in [0.3, 0.4) is 0 Å². The molecule has 0 bridgehead atoms. The number of aliphatic imine (C=N–C) groups is 1. The Morgan fingerprint density at radius 1 is 1.18 bits per heavy atom. The molecule has 6 nitrogen and oxygen atoms in total. The van der Waals surface area contributed by atoms with Crippen LogP contribution in [0.1, 0.15) is 40.0 Å². The molecule has 1 aliphatic heterocycles. The van der Waals surface area contributed by atoms with Gasteiger partial charge in [-0.25, -0.2) is 4.99 Å². The number of hydrogen-bond acceptors (Lipinski definition) is 4. The molecule has 1 aliphatic rings. The van der Waals surface area contributed by atoms with Gasteiger partial charge in [-0.3, -0.25) is 0 Å². The minimum Gasteiger partial charge on any atom is -0.493 e. The highest BCUT2D eigenvalue weighted by molar-refractivity contribution is 5.79. The smallest absolute Gasteiger partial charge is 0.191 e. The summed E-state index contributed by atoms with van der Waals surface area (Å²) >= 11 is 0. The molecule has 0 amide bonds. The molecule has 1 unspecified atom stereocenters. The number of para-hydroxylation sites is 2. The summed E-state index contributed by atoms with van der Waals surface area (Å²) in [5, 5.41) is 6.81. The number of rotatable bonds is 10. The van der Waals surface area contributed by atoms with E-state index in [1.54, 1.807) is 7.11 Å². The molecule has 158 valence electrons. The van der Waals surface area contributed by atoms with Crippen molar-refractivity contribution >= 4 is 5.96 Å². The molecule has 0 radical (unpaired) electrons. The summed E-state index contributed by atoms with van der Waals surface area (Å²) in [6, 6.07) is 7.71. The van der Waals surface area contributed by atoms with Crippen LogP contribution in [0.5, 0.6) is 11.5 Å². The van der Waals surface area contributed by atoms with Gasteiger partial charge in [0.05, 0.1) is 13.7 Å². The Morgan fingerprint density at radius 2 is 1.89 bits per heavy atom. The van der Waals surface area contributed by atoms with Crippen molar-refractivity contribution in [3.8, 4) is 11.5 Å². The van der Waals surface area contributed by atoms with E-state index in [1.807, 2.05) is 31.2 Å². The van der Waals surface area contributed by atoms with E-state index in [9.17, 15) is 0 Å². The zero-order valence-corrected chi connectivity index (χ0v) is 18.0. The van der Waals surface area contributed by atoms with E-state index in [0.29, 0.717) is 6.54 Å².